The monoisotopic (exact) mass is 504 g/mol. The summed E-state index contributed by atoms with van der Waals surface area (Å²) in [6.45, 7) is 3.56. The van der Waals surface area contributed by atoms with Gasteiger partial charge in [-0.1, -0.05) is 95.8 Å². The zero-order valence-corrected chi connectivity index (χ0v) is 22.9. The molecule has 0 saturated carbocycles. The van der Waals surface area contributed by atoms with E-state index in [2.05, 4.69) is 34.5 Å². The fraction of sp³-hybridized carbons (Fsp3) is 0.733. The number of aryl methyl sites for hydroxylation is 1. The first kappa shape index (κ1) is 32.1. The van der Waals surface area contributed by atoms with Crippen molar-refractivity contribution in [3.8, 4) is 0 Å². The lowest BCUT2D eigenvalue weighted by atomic mass is 10.0. The van der Waals surface area contributed by atoms with Crippen molar-refractivity contribution >= 4 is 6.03 Å². The van der Waals surface area contributed by atoms with Gasteiger partial charge in [0.25, 0.3) is 0 Å². The predicted molar refractivity (Wildman–Crippen MR) is 149 cm³/mol. The maximum atomic E-state index is 12.1. The molecule has 0 aromatic carbocycles. The lowest BCUT2D eigenvalue weighted by Crippen LogP contribution is -2.49. The minimum absolute atomic E-state index is 0.297. The molecule has 6 nitrogen and oxygen atoms in total. The number of unbranched alkanes of at least 4 members (excludes halogenated alkanes) is 14. The highest BCUT2D eigenvalue weighted by atomic mass is 16.3. The summed E-state index contributed by atoms with van der Waals surface area (Å²) in [5, 5.41) is 25.4. The third kappa shape index (κ3) is 18.4. The van der Waals surface area contributed by atoms with Crippen molar-refractivity contribution in [3.63, 3.8) is 0 Å². The highest BCUT2D eigenvalue weighted by Crippen LogP contribution is 2.12. The number of pyridine rings is 1. The lowest BCUT2D eigenvalue weighted by molar-refractivity contribution is -0.697. The quantitative estimate of drug-likeness (QED) is 0.0861. The average molecular weight is 505 g/mol. The van der Waals surface area contributed by atoms with Crippen LogP contribution in [0.5, 0.6) is 0 Å². The average Bonchev–Trinajstić information content (AvgIpc) is 2.89. The third-order valence-corrected chi connectivity index (χ3v) is 6.64. The van der Waals surface area contributed by atoms with Gasteiger partial charge in [0.15, 0.2) is 12.4 Å². The summed E-state index contributed by atoms with van der Waals surface area (Å²) in [5.41, 5.74) is 0. The number of aliphatic hydroxyl groups is 2. The number of aliphatic hydroxyl groups excluding tert-OH is 2. The normalized spacial score (nSPS) is 13.1. The molecule has 0 bridgehead atoms. The van der Waals surface area contributed by atoms with Crippen molar-refractivity contribution in [3.05, 3.63) is 42.7 Å². The number of rotatable bonds is 23. The number of nitrogens with one attached hydrogen (secondary N) is 2. The van der Waals surface area contributed by atoms with Crippen LogP contribution in [0.25, 0.3) is 0 Å². The van der Waals surface area contributed by atoms with Gasteiger partial charge in [0.05, 0.1) is 18.8 Å². The molecule has 4 N–H and O–H groups in total. The van der Waals surface area contributed by atoms with Crippen LogP contribution in [0.4, 0.5) is 4.79 Å². The molecule has 2 atom stereocenters. The number of carbonyl (C=O) groups excluding carboxylic acids is 1. The molecular weight excluding hydrogens is 450 g/mol. The molecule has 0 saturated heterocycles. The molecule has 0 fully saturated rings. The standard InChI is InChI=1S/C30H53N3O3/c1-2-3-4-5-6-7-8-9-10-11-12-13-17-22-29(35)28(27-34)32-30(36)31-23-18-14-15-19-24-33-25-20-16-21-26-33/h16-17,20-22,25-26,28-29,34-35H,2-15,18-19,23-24,27H2,1H3,(H-,31,32,36)/p+1/b22-17+/t28-,29+/m0/s1. The van der Waals surface area contributed by atoms with E-state index >= 15 is 0 Å². The minimum atomic E-state index is -0.885. The van der Waals surface area contributed by atoms with E-state index in [1.54, 1.807) is 6.08 Å². The van der Waals surface area contributed by atoms with E-state index in [0.29, 0.717) is 6.54 Å². The smallest absolute Gasteiger partial charge is 0.315 e. The zero-order chi connectivity index (χ0) is 26.1. The highest BCUT2D eigenvalue weighted by Gasteiger charge is 2.17. The number of allylic oxidation sites excluding steroid dienone is 1. The number of hydrogen-bond donors (Lipinski definition) is 4. The number of aromatic nitrogens is 1. The van der Waals surface area contributed by atoms with Gasteiger partial charge in [-0.3, -0.25) is 0 Å². The van der Waals surface area contributed by atoms with Crippen LogP contribution in [0.15, 0.2) is 42.7 Å². The van der Waals surface area contributed by atoms with Crippen LogP contribution >= 0.6 is 0 Å². The second-order valence-electron chi connectivity index (χ2n) is 9.96. The Hall–Kier alpha value is -1.92. The van der Waals surface area contributed by atoms with E-state index in [4.69, 9.17) is 0 Å². The fourth-order valence-corrected chi connectivity index (χ4v) is 4.31. The topological polar surface area (TPSA) is 85.5 Å². The summed E-state index contributed by atoms with van der Waals surface area (Å²) >= 11 is 0. The molecule has 0 spiro atoms. The van der Waals surface area contributed by atoms with E-state index in [1.807, 2.05) is 24.3 Å². The summed E-state index contributed by atoms with van der Waals surface area (Å²) in [6.07, 6.45) is 26.5. The van der Waals surface area contributed by atoms with Gasteiger partial charge in [-0.05, 0) is 25.7 Å². The predicted octanol–water partition coefficient (Wildman–Crippen LogP) is 5.81. The van der Waals surface area contributed by atoms with Gasteiger partial charge in [0.1, 0.15) is 6.54 Å². The van der Waals surface area contributed by atoms with Gasteiger partial charge in [-0.2, -0.15) is 0 Å². The SMILES string of the molecule is CCCCCCCCCCCCC/C=C/[C@@H](O)[C@H](CO)NC(=O)NCCCCCC[n+]1ccccc1. The largest absolute Gasteiger partial charge is 0.394 e. The van der Waals surface area contributed by atoms with E-state index in [0.717, 1.165) is 45.1 Å². The van der Waals surface area contributed by atoms with Crippen molar-refractivity contribution in [2.45, 2.75) is 128 Å². The van der Waals surface area contributed by atoms with E-state index in [9.17, 15) is 15.0 Å². The van der Waals surface area contributed by atoms with Gasteiger partial charge in [-0.25, -0.2) is 9.36 Å². The first-order chi connectivity index (χ1) is 17.7. The molecule has 0 aliphatic heterocycles. The van der Waals surface area contributed by atoms with Crippen LogP contribution in [-0.4, -0.2) is 41.5 Å². The van der Waals surface area contributed by atoms with Crippen molar-refractivity contribution in [1.82, 2.24) is 10.6 Å². The highest BCUT2D eigenvalue weighted by molar-refractivity contribution is 5.74. The Balaban J connectivity index is 2.00. The van der Waals surface area contributed by atoms with Crippen molar-refractivity contribution in [2.24, 2.45) is 0 Å². The maximum absolute atomic E-state index is 12.1. The molecule has 36 heavy (non-hydrogen) atoms. The van der Waals surface area contributed by atoms with Gasteiger partial charge in [-0.15, -0.1) is 0 Å². The molecule has 0 aliphatic rings. The third-order valence-electron chi connectivity index (χ3n) is 6.64. The summed E-state index contributed by atoms with van der Waals surface area (Å²) in [6, 6.07) is 5.06. The van der Waals surface area contributed by atoms with Crippen LogP contribution in [0, 0.1) is 0 Å². The molecule has 1 aromatic heterocycles. The summed E-state index contributed by atoms with van der Waals surface area (Å²) in [7, 11) is 0. The van der Waals surface area contributed by atoms with Gasteiger partial charge in [0.2, 0.25) is 0 Å². The van der Waals surface area contributed by atoms with Crippen LogP contribution in [0.1, 0.15) is 110 Å². The van der Waals surface area contributed by atoms with Gasteiger partial charge < -0.3 is 20.8 Å². The summed E-state index contributed by atoms with van der Waals surface area (Å²) < 4.78 is 2.18. The van der Waals surface area contributed by atoms with E-state index in [-0.39, 0.29) is 12.6 Å². The number of nitrogens with zero attached hydrogens (tertiary/aromatic N) is 1. The van der Waals surface area contributed by atoms with Gasteiger partial charge in [0, 0.05) is 25.1 Å². The van der Waals surface area contributed by atoms with Crippen LogP contribution < -0.4 is 15.2 Å². The van der Waals surface area contributed by atoms with Crippen LogP contribution in [0.2, 0.25) is 0 Å². The lowest BCUT2D eigenvalue weighted by Gasteiger charge is -2.20. The molecule has 0 unspecified atom stereocenters. The number of hydrogen-bond acceptors (Lipinski definition) is 3. The maximum Gasteiger partial charge on any atom is 0.315 e. The van der Waals surface area contributed by atoms with Gasteiger partial charge >= 0.3 is 6.03 Å². The molecule has 1 rings (SSSR count). The molecule has 206 valence electrons. The van der Waals surface area contributed by atoms with E-state index in [1.165, 1.54) is 64.2 Å². The first-order valence-corrected chi connectivity index (χ1v) is 14.6. The fourth-order valence-electron chi connectivity index (χ4n) is 4.31. The molecular formula is C30H54N3O3+. The molecule has 2 amide bonds. The van der Waals surface area contributed by atoms with Crippen LogP contribution in [-0.2, 0) is 6.54 Å². The first-order valence-electron chi connectivity index (χ1n) is 14.6. The van der Waals surface area contributed by atoms with Crippen molar-refractivity contribution in [2.75, 3.05) is 13.2 Å². The minimum Gasteiger partial charge on any atom is -0.394 e. The molecule has 1 heterocycles. The Morgan fingerprint density at radius 1 is 0.833 bits per heavy atom. The Morgan fingerprint density at radius 3 is 2.06 bits per heavy atom. The number of carbonyl (C=O) groups is 1. The second-order valence-corrected chi connectivity index (χ2v) is 9.96. The molecule has 1 aromatic rings. The van der Waals surface area contributed by atoms with E-state index < -0.39 is 12.1 Å². The Bertz CT molecular complexity index is 654. The second kappa shape index (κ2) is 23.5. The Kier molecular flexibility index (Phi) is 20.9. The molecule has 0 radical (unpaired) electrons. The zero-order valence-electron chi connectivity index (χ0n) is 22.9. The number of amides is 2. The molecule has 6 heteroatoms. The van der Waals surface area contributed by atoms with Crippen molar-refractivity contribution in [1.29, 1.82) is 0 Å². The Morgan fingerprint density at radius 2 is 1.42 bits per heavy atom. The van der Waals surface area contributed by atoms with Crippen molar-refractivity contribution < 1.29 is 19.6 Å². The summed E-state index contributed by atoms with van der Waals surface area (Å²) in [4.78, 5) is 12.1. The number of urea groups is 1. The Labute approximate surface area is 220 Å². The summed E-state index contributed by atoms with van der Waals surface area (Å²) in [5.74, 6) is 0. The van der Waals surface area contributed by atoms with Crippen LogP contribution in [0.3, 0.4) is 0 Å². The molecule has 0 aliphatic carbocycles.